The van der Waals surface area contributed by atoms with E-state index in [0.29, 0.717) is 13.0 Å². The predicted octanol–water partition coefficient (Wildman–Crippen LogP) is 1.66. The summed E-state index contributed by atoms with van der Waals surface area (Å²) in [7, 11) is 0. The first kappa shape index (κ1) is 15.0. The molecule has 0 radical (unpaired) electrons. The molecular weight excluding hydrogens is 292 g/mol. The van der Waals surface area contributed by atoms with Crippen molar-refractivity contribution in [2.75, 3.05) is 6.54 Å². The van der Waals surface area contributed by atoms with Gasteiger partial charge in [0.25, 0.3) is 0 Å². The molecule has 23 heavy (non-hydrogen) atoms. The van der Waals surface area contributed by atoms with Gasteiger partial charge < -0.3 is 20.5 Å². The van der Waals surface area contributed by atoms with Crippen LogP contribution in [-0.2, 0) is 4.79 Å². The molecule has 3 unspecified atom stereocenters. The van der Waals surface area contributed by atoms with Gasteiger partial charge in [-0.2, -0.15) is 0 Å². The molecule has 1 saturated heterocycles. The number of benzene rings is 1. The summed E-state index contributed by atoms with van der Waals surface area (Å²) < 4.78 is 6.33. The number of carbonyl (C=O) groups excluding carboxylic acids is 1. The molecule has 0 bridgehead atoms. The summed E-state index contributed by atoms with van der Waals surface area (Å²) in [5, 5.41) is 15.9. The zero-order valence-electron chi connectivity index (χ0n) is 13.3. The van der Waals surface area contributed by atoms with Crippen molar-refractivity contribution in [3.05, 3.63) is 29.8 Å². The lowest BCUT2D eigenvalue weighted by atomic mass is 9.85. The van der Waals surface area contributed by atoms with Crippen molar-refractivity contribution < 1.29 is 14.6 Å². The quantitative estimate of drug-likeness (QED) is 0.776. The van der Waals surface area contributed by atoms with E-state index in [1.165, 1.54) is 12.8 Å². The number of amides is 1. The average molecular weight is 316 g/mol. The van der Waals surface area contributed by atoms with E-state index in [9.17, 15) is 9.90 Å². The first-order chi connectivity index (χ1) is 11.2. The summed E-state index contributed by atoms with van der Waals surface area (Å²) >= 11 is 0. The molecule has 124 valence electrons. The number of para-hydroxylation sites is 1. The van der Waals surface area contributed by atoms with Gasteiger partial charge in [-0.25, -0.2) is 0 Å². The van der Waals surface area contributed by atoms with Crippen LogP contribution < -0.4 is 15.4 Å². The van der Waals surface area contributed by atoms with E-state index in [4.69, 9.17) is 4.74 Å². The minimum absolute atomic E-state index is 0.00917. The van der Waals surface area contributed by atoms with Gasteiger partial charge in [-0.1, -0.05) is 18.2 Å². The minimum atomic E-state index is -0.422. The van der Waals surface area contributed by atoms with Crippen LogP contribution in [-0.4, -0.2) is 35.3 Å². The van der Waals surface area contributed by atoms with Crippen molar-refractivity contribution in [1.29, 1.82) is 0 Å². The van der Waals surface area contributed by atoms with Crippen LogP contribution in [0.4, 0.5) is 0 Å². The average Bonchev–Trinajstić information content (AvgIpc) is 3.17. The van der Waals surface area contributed by atoms with E-state index in [1.807, 2.05) is 24.3 Å². The molecule has 2 aliphatic heterocycles. The molecule has 1 spiro atoms. The highest BCUT2D eigenvalue weighted by atomic mass is 16.5. The number of nitrogens with one attached hydrogen (secondary N) is 2. The highest BCUT2D eigenvalue weighted by Gasteiger charge is 2.44. The van der Waals surface area contributed by atoms with Crippen LogP contribution in [0.3, 0.4) is 0 Å². The second-order valence-electron chi connectivity index (χ2n) is 7.15. The molecule has 3 aliphatic rings. The number of ether oxygens (including phenoxy) is 1. The third-order valence-corrected chi connectivity index (χ3v) is 5.45. The summed E-state index contributed by atoms with van der Waals surface area (Å²) in [5.41, 5.74) is 0.950. The molecule has 2 fully saturated rings. The monoisotopic (exact) mass is 316 g/mol. The Morgan fingerprint density at radius 3 is 2.83 bits per heavy atom. The number of hydrogen-bond acceptors (Lipinski definition) is 4. The molecule has 3 atom stereocenters. The van der Waals surface area contributed by atoms with Gasteiger partial charge >= 0.3 is 0 Å². The number of aliphatic hydroxyl groups is 1. The summed E-state index contributed by atoms with van der Waals surface area (Å²) in [6.45, 7) is 0.492. The predicted molar refractivity (Wildman–Crippen MR) is 86.2 cm³/mol. The summed E-state index contributed by atoms with van der Waals surface area (Å²) in [6, 6.07) is 7.72. The zero-order valence-corrected chi connectivity index (χ0v) is 13.3. The van der Waals surface area contributed by atoms with Crippen molar-refractivity contribution in [3.63, 3.8) is 0 Å². The largest absolute Gasteiger partial charge is 0.487 e. The van der Waals surface area contributed by atoms with Crippen LogP contribution in [0, 0.1) is 0 Å². The Balaban J connectivity index is 1.55. The van der Waals surface area contributed by atoms with Crippen molar-refractivity contribution in [1.82, 2.24) is 10.6 Å². The van der Waals surface area contributed by atoms with E-state index in [2.05, 4.69) is 10.6 Å². The Morgan fingerprint density at radius 2 is 2.09 bits per heavy atom. The van der Waals surface area contributed by atoms with Gasteiger partial charge in [0, 0.05) is 18.5 Å². The fourth-order valence-electron chi connectivity index (χ4n) is 4.26. The maximum atomic E-state index is 12.5. The van der Waals surface area contributed by atoms with Gasteiger partial charge in [-0.05, 0) is 38.2 Å². The van der Waals surface area contributed by atoms with Crippen LogP contribution in [0.15, 0.2) is 24.3 Å². The molecule has 3 N–H and O–H groups in total. The normalized spacial score (nSPS) is 31.6. The number of aliphatic hydroxyl groups excluding tert-OH is 1. The highest BCUT2D eigenvalue weighted by Crippen LogP contribution is 2.47. The van der Waals surface area contributed by atoms with Crippen molar-refractivity contribution >= 4 is 5.91 Å². The fraction of sp³-hybridized carbons (Fsp3) is 0.611. The molecule has 5 heteroatoms. The molecule has 1 aliphatic carbocycles. The van der Waals surface area contributed by atoms with E-state index in [0.717, 1.165) is 30.6 Å². The molecule has 1 aromatic carbocycles. The molecule has 1 aromatic rings. The van der Waals surface area contributed by atoms with E-state index < -0.39 is 6.10 Å². The van der Waals surface area contributed by atoms with Crippen LogP contribution in [0.1, 0.15) is 50.1 Å². The molecule has 4 rings (SSSR count). The Labute approximate surface area is 136 Å². The maximum absolute atomic E-state index is 12.5. The Bertz CT molecular complexity index is 598. The second kappa shape index (κ2) is 5.80. The van der Waals surface area contributed by atoms with Crippen molar-refractivity contribution in [2.24, 2.45) is 0 Å². The second-order valence-corrected chi connectivity index (χ2v) is 7.15. The van der Waals surface area contributed by atoms with E-state index in [-0.39, 0.29) is 23.6 Å². The van der Waals surface area contributed by atoms with Gasteiger partial charge in [-0.3, -0.25) is 4.79 Å². The van der Waals surface area contributed by atoms with Crippen molar-refractivity contribution in [3.8, 4) is 5.75 Å². The van der Waals surface area contributed by atoms with Gasteiger partial charge in [0.2, 0.25) is 5.91 Å². The van der Waals surface area contributed by atoms with Crippen LogP contribution in [0.2, 0.25) is 0 Å². The molecule has 0 aromatic heterocycles. The van der Waals surface area contributed by atoms with Crippen LogP contribution in [0.25, 0.3) is 0 Å². The van der Waals surface area contributed by atoms with E-state index >= 15 is 0 Å². The van der Waals surface area contributed by atoms with Gasteiger partial charge in [-0.15, -0.1) is 0 Å². The van der Waals surface area contributed by atoms with E-state index in [1.54, 1.807) is 0 Å². The zero-order chi connectivity index (χ0) is 15.9. The SMILES string of the molecule is O=C(NC1CC2(CCCC2)Oc2ccccc21)C1CC(O)CN1. The number of hydrogen-bond donors (Lipinski definition) is 3. The minimum Gasteiger partial charge on any atom is -0.487 e. The summed E-state index contributed by atoms with van der Waals surface area (Å²) in [5.74, 6) is 0.891. The highest BCUT2D eigenvalue weighted by molar-refractivity contribution is 5.82. The number of rotatable bonds is 2. The number of β-amino-alcohol motifs (C(OH)–C–C–N with tert-alkyl or cyclic N) is 1. The lowest BCUT2D eigenvalue weighted by Crippen LogP contribution is -2.47. The first-order valence-corrected chi connectivity index (χ1v) is 8.65. The first-order valence-electron chi connectivity index (χ1n) is 8.65. The Kier molecular flexibility index (Phi) is 3.77. The molecule has 1 saturated carbocycles. The topological polar surface area (TPSA) is 70.6 Å². The third kappa shape index (κ3) is 2.83. The number of fused-ring (bicyclic) bond motifs is 1. The standard InChI is InChI=1S/C18H24N2O3/c21-12-9-14(19-11-12)17(22)20-15-10-18(7-3-4-8-18)23-16-6-2-1-5-13(15)16/h1-2,5-6,12,14-15,19,21H,3-4,7-11H2,(H,20,22). The van der Waals surface area contributed by atoms with Gasteiger partial charge in [0.1, 0.15) is 11.4 Å². The van der Waals surface area contributed by atoms with Crippen LogP contribution >= 0.6 is 0 Å². The summed E-state index contributed by atoms with van der Waals surface area (Å²) in [6.07, 6.45) is 5.42. The Morgan fingerprint density at radius 1 is 1.30 bits per heavy atom. The van der Waals surface area contributed by atoms with Gasteiger partial charge in [0.15, 0.2) is 0 Å². The summed E-state index contributed by atoms with van der Waals surface area (Å²) in [4.78, 5) is 12.5. The molecule has 1 amide bonds. The lowest BCUT2D eigenvalue weighted by molar-refractivity contribution is -0.124. The Hall–Kier alpha value is -1.59. The van der Waals surface area contributed by atoms with Crippen LogP contribution in [0.5, 0.6) is 5.75 Å². The maximum Gasteiger partial charge on any atom is 0.237 e. The van der Waals surface area contributed by atoms with Gasteiger partial charge in [0.05, 0.1) is 18.2 Å². The molecule has 2 heterocycles. The van der Waals surface area contributed by atoms with Crippen molar-refractivity contribution in [2.45, 2.75) is 62.3 Å². The third-order valence-electron chi connectivity index (χ3n) is 5.45. The molecule has 5 nitrogen and oxygen atoms in total. The molecular formula is C18H24N2O3. The fourth-order valence-corrected chi connectivity index (χ4v) is 4.26. The smallest absolute Gasteiger partial charge is 0.237 e. The lowest BCUT2D eigenvalue weighted by Gasteiger charge is -2.40. The number of carbonyl (C=O) groups is 1.